The summed E-state index contributed by atoms with van der Waals surface area (Å²) in [4.78, 5) is 14.5. The molecular weight excluding hydrogens is 311 g/mol. The van der Waals surface area contributed by atoms with Crippen LogP contribution in [0, 0.1) is 0 Å². The number of nitrogens with zero attached hydrogens (tertiary/aromatic N) is 1. The molecule has 3 rings (SSSR count). The summed E-state index contributed by atoms with van der Waals surface area (Å²) in [7, 11) is 0. The lowest BCUT2D eigenvalue weighted by Crippen LogP contribution is -2.44. The minimum atomic E-state index is 0.0222. The molecule has 2 unspecified atom stereocenters. The van der Waals surface area contributed by atoms with E-state index in [2.05, 4.69) is 5.32 Å². The fraction of sp³-hybridized carbons (Fsp3) is 0.533. The summed E-state index contributed by atoms with van der Waals surface area (Å²) in [6.07, 6.45) is 3.19. The minimum absolute atomic E-state index is 0.0222. The summed E-state index contributed by atoms with van der Waals surface area (Å²) < 4.78 is 5.57. The third kappa shape index (κ3) is 3.28. The van der Waals surface area contributed by atoms with E-state index in [0.29, 0.717) is 27.9 Å². The number of carbonyl (C=O) groups excluding carboxylic acids is 1. The van der Waals surface area contributed by atoms with Crippen LogP contribution in [0.1, 0.15) is 19.3 Å². The Morgan fingerprint density at radius 1 is 1.29 bits per heavy atom. The number of benzene rings is 1. The predicted molar refractivity (Wildman–Crippen MR) is 83.1 cm³/mol. The molecule has 2 aliphatic rings. The van der Waals surface area contributed by atoms with Gasteiger partial charge in [-0.1, -0.05) is 23.2 Å². The van der Waals surface area contributed by atoms with Gasteiger partial charge < -0.3 is 15.0 Å². The number of amides is 1. The first-order valence-corrected chi connectivity index (χ1v) is 8.00. The average molecular weight is 329 g/mol. The molecule has 1 amide bonds. The largest absolute Gasteiger partial charge is 0.482 e. The van der Waals surface area contributed by atoms with E-state index in [1.807, 2.05) is 4.90 Å². The SMILES string of the molecule is O=C(COc1ccc(Cl)cc1Cl)N1C2CCNCC1CC2. The van der Waals surface area contributed by atoms with Crippen LogP contribution in [0.15, 0.2) is 18.2 Å². The van der Waals surface area contributed by atoms with Gasteiger partial charge in [-0.2, -0.15) is 0 Å². The number of carbonyl (C=O) groups is 1. The Morgan fingerprint density at radius 3 is 2.90 bits per heavy atom. The van der Waals surface area contributed by atoms with Gasteiger partial charge >= 0.3 is 0 Å². The average Bonchev–Trinajstić information content (AvgIpc) is 2.71. The molecule has 0 saturated carbocycles. The van der Waals surface area contributed by atoms with Gasteiger partial charge in [0.25, 0.3) is 5.91 Å². The highest BCUT2D eigenvalue weighted by atomic mass is 35.5. The molecule has 114 valence electrons. The van der Waals surface area contributed by atoms with E-state index in [1.165, 1.54) is 0 Å². The van der Waals surface area contributed by atoms with Crippen molar-refractivity contribution in [2.45, 2.75) is 31.3 Å². The van der Waals surface area contributed by atoms with Crippen molar-refractivity contribution in [1.29, 1.82) is 0 Å². The molecule has 1 N–H and O–H groups in total. The fourth-order valence-electron chi connectivity index (χ4n) is 3.20. The van der Waals surface area contributed by atoms with Gasteiger partial charge in [0.1, 0.15) is 5.75 Å². The first-order chi connectivity index (χ1) is 10.1. The van der Waals surface area contributed by atoms with E-state index in [4.69, 9.17) is 27.9 Å². The van der Waals surface area contributed by atoms with Crippen molar-refractivity contribution in [3.8, 4) is 5.75 Å². The second kappa shape index (κ2) is 6.42. The molecule has 0 spiro atoms. The normalized spacial score (nSPS) is 24.8. The molecule has 1 aromatic rings. The maximum absolute atomic E-state index is 12.5. The second-order valence-electron chi connectivity index (χ2n) is 5.54. The number of fused-ring (bicyclic) bond motifs is 2. The van der Waals surface area contributed by atoms with E-state index in [-0.39, 0.29) is 12.5 Å². The van der Waals surface area contributed by atoms with E-state index in [0.717, 1.165) is 32.4 Å². The van der Waals surface area contributed by atoms with Crippen molar-refractivity contribution in [2.75, 3.05) is 19.7 Å². The van der Waals surface area contributed by atoms with Crippen molar-refractivity contribution in [3.63, 3.8) is 0 Å². The van der Waals surface area contributed by atoms with Crippen molar-refractivity contribution in [2.24, 2.45) is 0 Å². The number of halogens is 2. The monoisotopic (exact) mass is 328 g/mol. The lowest BCUT2D eigenvalue weighted by Gasteiger charge is -2.27. The molecule has 1 aromatic carbocycles. The maximum atomic E-state index is 12.5. The van der Waals surface area contributed by atoms with Gasteiger partial charge in [0.05, 0.1) is 5.02 Å². The number of rotatable bonds is 3. The molecule has 0 radical (unpaired) electrons. The van der Waals surface area contributed by atoms with E-state index in [1.54, 1.807) is 18.2 Å². The Bertz CT molecular complexity index is 524. The van der Waals surface area contributed by atoms with Crippen LogP contribution in [0.5, 0.6) is 5.75 Å². The number of hydrogen-bond acceptors (Lipinski definition) is 3. The summed E-state index contributed by atoms with van der Waals surface area (Å²) in [5.74, 6) is 0.534. The summed E-state index contributed by atoms with van der Waals surface area (Å²) in [5, 5.41) is 4.36. The summed E-state index contributed by atoms with van der Waals surface area (Å²) in [5.41, 5.74) is 0. The highest BCUT2D eigenvalue weighted by molar-refractivity contribution is 6.35. The molecule has 0 aliphatic carbocycles. The second-order valence-corrected chi connectivity index (χ2v) is 6.39. The lowest BCUT2D eigenvalue weighted by atomic mass is 10.1. The molecule has 2 saturated heterocycles. The zero-order valence-electron chi connectivity index (χ0n) is 11.6. The van der Waals surface area contributed by atoms with Gasteiger partial charge in [0.2, 0.25) is 0 Å². The van der Waals surface area contributed by atoms with Crippen LogP contribution in [0.4, 0.5) is 0 Å². The maximum Gasteiger partial charge on any atom is 0.261 e. The summed E-state index contributed by atoms with van der Waals surface area (Å²) in [6.45, 7) is 1.88. The molecule has 6 heteroatoms. The van der Waals surface area contributed by atoms with Gasteiger partial charge in [0, 0.05) is 23.7 Å². The molecule has 21 heavy (non-hydrogen) atoms. The van der Waals surface area contributed by atoms with Crippen LogP contribution in [0.2, 0.25) is 10.0 Å². The molecule has 2 bridgehead atoms. The van der Waals surface area contributed by atoms with Crippen LogP contribution < -0.4 is 10.1 Å². The van der Waals surface area contributed by atoms with Crippen LogP contribution in [0.25, 0.3) is 0 Å². The zero-order valence-corrected chi connectivity index (χ0v) is 13.2. The molecule has 4 nitrogen and oxygen atoms in total. The van der Waals surface area contributed by atoms with Gasteiger partial charge in [-0.05, 0) is 44.0 Å². The molecule has 2 fully saturated rings. The number of hydrogen-bond donors (Lipinski definition) is 1. The highest BCUT2D eigenvalue weighted by Crippen LogP contribution is 2.30. The molecular formula is C15H18Cl2N2O2. The van der Waals surface area contributed by atoms with E-state index >= 15 is 0 Å². The molecule has 0 aromatic heterocycles. The van der Waals surface area contributed by atoms with Crippen LogP contribution >= 0.6 is 23.2 Å². The first kappa shape index (κ1) is 14.9. The van der Waals surface area contributed by atoms with Gasteiger partial charge in [-0.25, -0.2) is 0 Å². The number of ether oxygens (including phenoxy) is 1. The Morgan fingerprint density at radius 2 is 2.10 bits per heavy atom. The van der Waals surface area contributed by atoms with Crippen molar-refractivity contribution in [1.82, 2.24) is 10.2 Å². The zero-order chi connectivity index (χ0) is 14.8. The van der Waals surface area contributed by atoms with E-state index < -0.39 is 0 Å². The first-order valence-electron chi connectivity index (χ1n) is 7.25. The summed E-state index contributed by atoms with van der Waals surface area (Å²) in [6, 6.07) is 5.65. The molecule has 2 heterocycles. The topological polar surface area (TPSA) is 41.6 Å². The third-order valence-electron chi connectivity index (χ3n) is 4.19. The van der Waals surface area contributed by atoms with Crippen molar-refractivity contribution >= 4 is 29.1 Å². The van der Waals surface area contributed by atoms with Crippen LogP contribution in [-0.2, 0) is 4.79 Å². The standard InChI is InChI=1S/C15H18Cl2N2O2/c16-10-1-4-14(13(17)7-10)21-9-15(20)19-11-2-3-12(19)8-18-6-5-11/h1,4,7,11-12,18H,2-3,5-6,8-9H2. The smallest absolute Gasteiger partial charge is 0.261 e. The van der Waals surface area contributed by atoms with Crippen molar-refractivity contribution < 1.29 is 9.53 Å². The fourth-order valence-corrected chi connectivity index (χ4v) is 3.66. The van der Waals surface area contributed by atoms with Gasteiger partial charge in [-0.15, -0.1) is 0 Å². The quantitative estimate of drug-likeness (QED) is 0.927. The highest BCUT2D eigenvalue weighted by Gasteiger charge is 2.37. The third-order valence-corrected chi connectivity index (χ3v) is 4.72. The lowest BCUT2D eigenvalue weighted by molar-refractivity contribution is -0.135. The summed E-state index contributed by atoms with van der Waals surface area (Å²) >= 11 is 11.9. The Hall–Kier alpha value is -0.970. The van der Waals surface area contributed by atoms with Gasteiger partial charge in [-0.3, -0.25) is 4.79 Å². The minimum Gasteiger partial charge on any atom is -0.482 e. The predicted octanol–water partition coefficient (Wildman–Crippen LogP) is 2.73. The van der Waals surface area contributed by atoms with Gasteiger partial charge in [0.15, 0.2) is 6.61 Å². The number of nitrogens with one attached hydrogen (secondary N) is 1. The Balaban J connectivity index is 1.63. The van der Waals surface area contributed by atoms with Crippen LogP contribution in [0.3, 0.4) is 0 Å². The van der Waals surface area contributed by atoms with E-state index in [9.17, 15) is 4.79 Å². The Labute approximate surface area is 134 Å². The van der Waals surface area contributed by atoms with Crippen LogP contribution in [-0.4, -0.2) is 42.6 Å². The molecule has 2 atom stereocenters. The van der Waals surface area contributed by atoms with Crippen molar-refractivity contribution in [3.05, 3.63) is 28.2 Å². The molecule has 2 aliphatic heterocycles. The Kier molecular flexibility index (Phi) is 4.57.